The molecule has 0 saturated carbocycles. The molecule has 156 valence electrons. The van der Waals surface area contributed by atoms with Crippen molar-refractivity contribution in [2.75, 3.05) is 19.7 Å². The van der Waals surface area contributed by atoms with E-state index in [1.165, 1.54) is 9.87 Å². The van der Waals surface area contributed by atoms with Crippen molar-refractivity contribution in [2.24, 2.45) is 0 Å². The highest BCUT2D eigenvalue weighted by molar-refractivity contribution is 7.89. The fourth-order valence-corrected chi connectivity index (χ4v) is 4.79. The van der Waals surface area contributed by atoms with Crippen molar-refractivity contribution in [3.8, 4) is 5.75 Å². The molecule has 1 aliphatic heterocycles. The normalized spacial score (nSPS) is 15.8. The number of piperidine rings is 1. The van der Waals surface area contributed by atoms with Gasteiger partial charge in [0, 0.05) is 19.1 Å². The summed E-state index contributed by atoms with van der Waals surface area (Å²) in [6.07, 6.45) is 1.17. The van der Waals surface area contributed by atoms with Crippen molar-refractivity contribution in [3.63, 3.8) is 0 Å². The summed E-state index contributed by atoms with van der Waals surface area (Å²) in [6, 6.07) is 12.6. The summed E-state index contributed by atoms with van der Waals surface area (Å²) in [4.78, 5) is 12.5. The highest BCUT2D eigenvalue weighted by Gasteiger charge is 2.29. The van der Waals surface area contributed by atoms with Crippen LogP contribution >= 0.6 is 0 Å². The molecule has 7 heteroatoms. The lowest BCUT2D eigenvalue weighted by atomic mass is 10.1. The van der Waals surface area contributed by atoms with E-state index in [4.69, 9.17) is 4.74 Å². The molecular weight excluding hydrogens is 388 g/mol. The van der Waals surface area contributed by atoms with Crippen molar-refractivity contribution in [2.45, 2.75) is 44.6 Å². The number of carbonyl (C=O) groups excluding carboxylic acids is 1. The number of sulfonamides is 1. The van der Waals surface area contributed by atoms with Gasteiger partial charge in [-0.15, -0.1) is 0 Å². The van der Waals surface area contributed by atoms with Gasteiger partial charge in [0.25, 0.3) is 5.91 Å². The lowest BCUT2D eigenvalue weighted by molar-refractivity contribution is -0.124. The molecule has 2 aromatic rings. The molecule has 1 aliphatic rings. The number of benzene rings is 2. The van der Waals surface area contributed by atoms with Crippen LogP contribution in [-0.4, -0.2) is 44.4 Å². The van der Waals surface area contributed by atoms with Gasteiger partial charge in [0.2, 0.25) is 10.0 Å². The fourth-order valence-electron chi connectivity index (χ4n) is 3.32. The van der Waals surface area contributed by atoms with E-state index in [-0.39, 0.29) is 18.6 Å². The number of hydrogen-bond acceptors (Lipinski definition) is 4. The van der Waals surface area contributed by atoms with Crippen LogP contribution in [0.15, 0.2) is 47.4 Å². The zero-order chi connectivity index (χ0) is 21.0. The topological polar surface area (TPSA) is 75.7 Å². The number of amides is 1. The predicted octanol–water partition coefficient (Wildman–Crippen LogP) is 2.96. The quantitative estimate of drug-likeness (QED) is 0.786. The second kappa shape index (κ2) is 8.97. The van der Waals surface area contributed by atoms with E-state index >= 15 is 0 Å². The largest absolute Gasteiger partial charge is 0.484 e. The van der Waals surface area contributed by atoms with Crippen LogP contribution in [0.1, 0.15) is 29.5 Å². The van der Waals surface area contributed by atoms with E-state index in [2.05, 4.69) is 5.32 Å². The number of nitrogens with one attached hydrogen (secondary N) is 1. The molecule has 6 nitrogen and oxygen atoms in total. The van der Waals surface area contributed by atoms with E-state index in [0.717, 1.165) is 11.1 Å². The zero-order valence-corrected chi connectivity index (χ0v) is 18.0. The van der Waals surface area contributed by atoms with Crippen molar-refractivity contribution < 1.29 is 17.9 Å². The molecule has 1 N–H and O–H groups in total. The average Bonchev–Trinajstić information content (AvgIpc) is 2.70. The van der Waals surface area contributed by atoms with Gasteiger partial charge in [0.15, 0.2) is 6.61 Å². The van der Waals surface area contributed by atoms with Gasteiger partial charge < -0.3 is 10.1 Å². The van der Waals surface area contributed by atoms with E-state index in [0.29, 0.717) is 36.6 Å². The van der Waals surface area contributed by atoms with Crippen LogP contribution in [-0.2, 0) is 14.8 Å². The summed E-state index contributed by atoms with van der Waals surface area (Å²) in [5.74, 6) is 0.477. The van der Waals surface area contributed by atoms with Crippen molar-refractivity contribution in [1.29, 1.82) is 0 Å². The standard InChI is InChI=1S/C22H28N2O4S/c1-16-4-8-21(9-5-16)29(26,27)24-12-10-19(11-13-24)23-22(25)15-28-20-7-6-17(2)18(3)14-20/h4-9,14,19H,10-13,15H2,1-3H3,(H,23,25). The molecule has 0 atom stereocenters. The minimum Gasteiger partial charge on any atom is -0.484 e. The van der Waals surface area contributed by atoms with Gasteiger partial charge in [-0.05, 0) is 69.0 Å². The first kappa shape index (κ1) is 21.3. The minimum absolute atomic E-state index is 0.0460. The lowest BCUT2D eigenvalue weighted by Gasteiger charge is -2.31. The molecule has 0 spiro atoms. The third-order valence-electron chi connectivity index (χ3n) is 5.33. The predicted molar refractivity (Wildman–Crippen MR) is 113 cm³/mol. The third-order valence-corrected chi connectivity index (χ3v) is 7.24. The van der Waals surface area contributed by atoms with E-state index < -0.39 is 10.0 Å². The molecular formula is C22H28N2O4S. The molecule has 1 fully saturated rings. The molecule has 1 heterocycles. The van der Waals surface area contributed by atoms with Crippen LogP contribution in [0.25, 0.3) is 0 Å². The first-order chi connectivity index (χ1) is 13.8. The van der Waals surface area contributed by atoms with Gasteiger partial charge in [-0.1, -0.05) is 23.8 Å². The molecule has 1 amide bonds. The highest BCUT2D eigenvalue weighted by Crippen LogP contribution is 2.21. The number of ether oxygens (including phenoxy) is 1. The Labute approximate surface area is 172 Å². The van der Waals surface area contributed by atoms with Crippen LogP contribution in [0.5, 0.6) is 5.75 Å². The smallest absolute Gasteiger partial charge is 0.258 e. The molecule has 2 aromatic carbocycles. The lowest BCUT2D eigenvalue weighted by Crippen LogP contribution is -2.47. The van der Waals surface area contributed by atoms with Crippen LogP contribution < -0.4 is 10.1 Å². The maximum Gasteiger partial charge on any atom is 0.258 e. The van der Waals surface area contributed by atoms with E-state index in [1.807, 2.05) is 39.0 Å². The van der Waals surface area contributed by atoms with Gasteiger partial charge in [-0.25, -0.2) is 8.42 Å². The Morgan fingerprint density at radius 1 is 1.03 bits per heavy atom. The number of aryl methyl sites for hydroxylation is 3. The summed E-state index contributed by atoms with van der Waals surface area (Å²) < 4.78 is 32.6. The van der Waals surface area contributed by atoms with Gasteiger partial charge >= 0.3 is 0 Å². The summed E-state index contributed by atoms with van der Waals surface area (Å²) >= 11 is 0. The van der Waals surface area contributed by atoms with Crippen molar-refractivity contribution in [3.05, 3.63) is 59.2 Å². The Balaban J connectivity index is 1.48. The Kier molecular flexibility index (Phi) is 6.59. The zero-order valence-electron chi connectivity index (χ0n) is 17.1. The molecule has 29 heavy (non-hydrogen) atoms. The van der Waals surface area contributed by atoms with Crippen molar-refractivity contribution >= 4 is 15.9 Å². The molecule has 0 radical (unpaired) electrons. The average molecular weight is 417 g/mol. The van der Waals surface area contributed by atoms with Crippen LogP contribution in [0, 0.1) is 20.8 Å². The maximum absolute atomic E-state index is 12.8. The van der Waals surface area contributed by atoms with Crippen molar-refractivity contribution in [1.82, 2.24) is 9.62 Å². The second-order valence-electron chi connectivity index (χ2n) is 7.59. The number of hydrogen-bond donors (Lipinski definition) is 1. The molecule has 0 bridgehead atoms. The monoisotopic (exact) mass is 416 g/mol. The Bertz CT molecular complexity index is 963. The summed E-state index contributed by atoms with van der Waals surface area (Å²) in [6.45, 7) is 6.68. The summed E-state index contributed by atoms with van der Waals surface area (Å²) in [5, 5.41) is 2.95. The number of rotatable bonds is 6. The van der Waals surface area contributed by atoms with Gasteiger partial charge in [0.1, 0.15) is 5.75 Å². The van der Waals surface area contributed by atoms with Gasteiger partial charge in [-0.3, -0.25) is 4.79 Å². The first-order valence-electron chi connectivity index (χ1n) is 9.82. The van der Waals surface area contributed by atoms with Crippen LogP contribution in [0.2, 0.25) is 0 Å². The van der Waals surface area contributed by atoms with Crippen LogP contribution in [0.4, 0.5) is 0 Å². The minimum atomic E-state index is -3.49. The summed E-state index contributed by atoms with van der Waals surface area (Å²) in [7, 11) is -3.49. The molecule has 0 aliphatic carbocycles. The highest BCUT2D eigenvalue weighted by atomic mass is 32.2. The fraction of sp³-hybridized carbons (Fsp3) is 0.409. The molecule has 0 unspecified atom stereocenters. The molecule has 3 rings (SSSR count). The molecule has 0 aromatic heterocycles. The summed E-state index contributed by atoms with van der Waals surface area (Å²) in [5.41, 5.74) is 3.31. The van der Waals surface area contributed by atoms with Crippen LogP contribution in [0.3, 0.4) is 0 Å². The van der Waals surface area contributed by atoms with E-state index in [1.54, 1.807) is 24.3 Å². The third kappa shape index (κ3) is 5.36. The first-order valence-corrected chi connectivity index (χ1v) is 11.3. The Morgan fingerprint density at radius 2 is 1.69 bits per heavy atom. The molecule has 1 saturated heterocycles. The number of carbonyl (C=O) groups is 1. The van der Waals surface area contributed by atoms with Gasteiger partial charge in [-0.2, -0.15) is 4.31 Å². The Hall–Kier alpha value is -2.38. The SMILES string of the molecule is Cc1ccc(S(=O)(=O)N2CCC(NC(=O)COc3ccc(C)c(C)c3)CC2)cc1. The maximum atomic E-state index is 12.8. The van der Waals surface area contributed by atoms with Gasteiger partial charge in [0.05, 0.1) is 4.90 Å². The second-order valence-corrected chi connectivity index (χ2v) is 9.53. The Morgan fingerprint density at radius 3 is 2.31 bits per heavy atom. The number of nitrogens with zero attached hydrogens (tertiary/aromatic N) is 1. The van der Waals surface area contributed by atoms with E-state index in [9.17, 15) is 13.2 Å².